The Hall–Kier alpha value is -2.14. The number of hydrogen-bond donors (Lipinski definition) is 1. The number of nitrogens with one attached hydrogen (secondary N) is 1. The summed E-state index contributed by atoms with van der Waals surface area (Å²) in [4.78, 5) is 12.1. The maximum Gasteiger partial charge on any atom is 0.234 e. The van der Waals surface area contributed by atoms with Crippen LogP contribution in [0.2, 0.25) is 0 Å². The van der Waals surface area contributed by atoms with Gasteiger partial charge in [0.2, 0.25) is 5.91 Å². The van der Waals surface area contributed by atoms with Gasteiger partial charge in [-0.15, -0.1) is 11.8 Å². The van der Waals surface area contributed by atoms with Gasteiger partial charge in [0.15, 0.2) is 11.5 Å². The van der Waals surface area contributed by atoms with E-state index in [1.807, 2.05) is 0 Å². The smallest absolute Gasteiger partial charge is 0.234 e. The number of ether oxygens (including phenoxy) is 2. The molecule has 1 N–H and O–H groups in total. The molecule has 0 atom stereocenters. The zero-order valence-electron chi connectivity index (χ0n) is 15.2. The van der Waals surface area contributed by atoms with Gasteiger partial charge in [-0.05, 0) is 29.2 Å². The zero-order chi connectivity index (χ0) is 18.2. The lowest BCUT2D eigenvalue weighted by molar-refractivity contribution is -0.113. The molecule has 0 aliphatic heterocycles. The van der Waals surface area contributed by atoms with Gasteiger partial charge in [0.25, 0.3) is 0 Å². The molecular formula is C20H25NO3S. The van der Waals surface area contributed by atoms with Crippen LogP contribution in [0, 0.1) is 0 Å². The van der Waals surface area contributed by atoms with Crippen molar-refractivity contribution in [2.75, 3.05) is 25.3 Å². The van der Waals surface area contributed by atoms with Crippen molar-refractivity contribution in [2.45, 2.75) is 25.5 Å². The first-order valence-corrected chi connectivity index (χ1v) is 9.37. The summed E-state index contributed by atoms with van der Waals surface area (Å²) in [6.45, 7) is 4.37. The molecule has 1 amide bonds. The molecule has 0 radical (unpaired) electrons. The van der Waals surface area contributed by atoms with Crippen LogP contribution in [0.4, 0.5) is 5.69 Å². The average Bonchev–Trinajstić information content (AvgIpc) is 2.62. The van der Waals surface area contributed by atoms with Gasteiger partial charge in [-0.1, -0.05) is 38.1 Å². The van der Waals surface area contributed by atoms with Crippen molar-refractivity contribution in [1.29, 1.82) is 0 Å². The molecule has 25 heavy (non-hydrogen) atoms. The Morgan fingerprint density at radius 1 is 1.04 bits per heavy atom. The van der Waals surface area contributed by atoms with Crippen LogP contribution in [-0.2, 0) is 10.5 Å². The largest absolute Gasteiger partial charge is 0.493 e. The summed E-state index contributed by atoms with van der Waals surface area (Å²) in [5.41, 5.74) is 3.26. The number of anilines is 1. The molecule has 0 saturated carbocycles. The van der Waals surface area contributed by atoms with Gasteiger partial charge in [0, 0.05) is 17.5 Å². The fourth-order valence-corrected chi connectivity index (χ4v) is 3.16. The molecule has 0 aliphatic carbocycles. The van der Waals surface area contributed by atoms with Crippen molar-refractivity contribution >= 4 is 23.4 Å². The van der Waals surface area contributed by atoms with Gasteiger partial charge >= 0.3 is 0 Å². The Morgan fingerprint density at radius 2 is 1.72 bits per heavy atom. The fraction of sp³-hybridized carbons (Fsp3) is 0.350. The van der Waals surface area contributed by atoms with E-state index in [2.05, 4.69) is 43.4 Å². The second kappa shape index (κ2) is 9.37. The maximum atomic E-state index is 12.1. The van der Waals surface area contributed by atoms with Crippen molar-refractivity contribution in [2.24, 2.45) is 0 Å². The minimum Gasteiger partial charge on any atom is -0.493 e. The Labute approximate surface area is 153 Å². The predicted molar refractivity (Wildman–Crippen MR) is 105 cm³/mol. The summed E-state index contributed by atoms with van der Waals surface area (Å²) in [6, 6.07) is 13.9. The average molecular weight is 359 g/mol. The number of benzene rings is 2. The van der Waals surface area contributed by atoms with Crippen LogP contribution < -0.4 is 14.8 Å². The number of methoxy groups -OCH3 is 2. The highest BCUT2D eigenvalue weighted by Crippen LogP contribution is 2.29. The van der Waals surface area contributed by atoms with Crippen LogP contribution in [0.15, 0.2) is 42.5 Å². The number of thioether (sulfide) groups is 1. The van der Waals surface area contributed by atoms with Crippen molar-refractivity contribution in [3.05, 3.63) is 53.6 Å². The van der Waals surface area contributed by atoms with Crippen LogP contribution in [0.1, 0.15) is 30.9 Å². The molecule has 2 rings (SSSR count). The molecule has 0 bridgehead atoms. The summed E-state index contributed by atoms with van der Waals surface area (Å²) in [5.74, 6) is 2.96. The first-order valence-electron chi connectivity index (χ1n) is 8.22. The highest BCUT2D eigenvalue weighted by molar-refractivity contribution is 7.99. The van der Waals surface area contributed by atoms with Gasteiger partial charge in [0.05, 0.1) is 20.0 Å². The third-order valence-corrected chi connectivity index (χ3v) is 4.82. The van der Waals surface area contributed by atoms with Crippen LogP contribution in [0.25, 0.3) is 0 Å². The van der Waals surface area contributed by atoms with E-state index in [0.29, 0.717) is 28.9 Å². The molecule has 0 spiro atoms. The van der Waals surface area contributed by atoms with E-state index in [0.717, 1.165) is 5.75 Å². The third-order valence-electron chi connectivity index (χ3n) is 3.82. The van der Waals surface area contributed by atoms with E-state index >= 15 is 0 Å². The van der Waals surface area contributed by atoms with Crippen molar-refractivity contribution in [3.8, 4) is 11.5 Å². The normalized spacial score (nSPS) is 10.6. The van der Waals surface area contributed by atoms with Crippen molar-refractivity contribution in [3.63, 3.8) is 0 Å². The topological polar surface area (TPSA) is 47.6 Å². The molecule has 0 fully saturated rings. The molecular weight excluding hydrogens is 334 g/mol. The molecule has 5 heteroatoms. The second-order valence-electron chi connectivity index (χ2n) is 6.01. The number of carbonyl (C=O) groups is 1. The van der Waals surface area contributed by atoms with Crippen molar-refractivity contribution in [1.82, 2.24) is 0 Å². The lowest BCUT2D eigenvalue weighted by Crippen LogP contribution is -2.14. The summed E-state index contributed by atoms with van der Waals surface area (Å²) >= 11 is 1.60. The Bertz CT molecular complexity index is 699. The molecule has 0 unspecified atom stereocenters. The molecule has 2 aromatic rings. The molecule has 0 heterocycles. The maximum absolute atomic E-state index is 12.1. The van der Waals surface area contributed by atoms with Crippen LogP contribution in [-0.4, -0.2) is 25.9 Å². The summed E-state index contributed by atoms with van der Waals surface area (Å²) in [7, 11) is 3.16. The fourth-order valence-electron chi connectivity index (χ4n) is 2.37. The van der Waals surface area contributed by atoms with E-state index < -0.39 is 0 Å². The van der Waals surface area contributed by atoms with Crippen LogP contribution in [0.5, 0.6) is 11.5 Å². The minimum absolute atomic E-state index is 0.0315. The van der Waals surface area contributed by atoms with Gasteiger partial charge < -0.3 is 14.8 Å². The van der Waals surface area contributed by atoms with Crippen molar-refractivity contribution < 1.29 is 14.3 Å². The number of amides is 1. The number of carbonyl (C=O) groups excluding carboxylic acids is 1. The quantitative estimate of drug-likeness (QED) is 0.742. The third kappa shape index (κ3) is 5.71. The zero-order valence-corrected chi connectivity index (χ0v) is 16.0. The Morgan fingerprint density at radius 3 is 2.32 bits per heavy atom. The monoisotopic (exact) mass is 359 g/mol. The van der Waals surface area contributed by atoms with Crippen LogP contribution in [0.3, 0.4) is 0 Å². The molecule has 2 aromatic carbocycles. The SMILES string of the molecule is COc1ccc(NC(=O)CSCc2ccc(C(C)C)cc2)cc1OC. The molecule has 0 saturated heterocycles. The van der Waals surface area contributed by atoms with Gasteiger partial charge in [-0.3, -0.25) is 4.79 Å². The van der Waals surface area contributed by atoms with E-state index in [-0.39, 0.29) is 5.91 Å². The van der Waals surface area contributed by atoms with Gasteiger partial charge in [-0.25, -0.2) is 0 Å². The highest BCUT2D eigenvalue weighted by atomic mass is 32.2. The lowest BCUT2D eigenvalue weighted by Gasteiger charge is -2.10. The summed E-state index contributed by atoms with van der Waals surface area (Å²) in [6.07, 6.45) is 0. The number of hydrogen-bond acceptors (Lipinski definition) is 4. The van der Waals surface area contributed by atoms with Crippen LogP contribution >= 0.6 is 11.8 Å². The molecule has 0 aliphatic rings. The molecule has 4 nitrogen and oxygen atoms in total. The molecule has 134 valence electrons. The summed E-state index contributed by atoms with van der Waals surface area (Å²) < 4.78 is 10.4. The Balaban J connectivity index is 1.82. The van der Waals surface area contributed by atoms with E-state index in [4.69, 9.17) is 9.47 Å². The first kappa shape index (κ1) is 19.2. The lowest BCUT2D eigenvalue weighted by atomic mass is 10.0. The Kier molecular flexibility index (Phi) is 7.19. The summed E-state index contributed by atoms with van der Waals surface area (Å²) in [5, 5.41) is 2.88. The highest BCUT2D eigenvalue weighted by Gasteiger charge is 2.08. The standard InChI is InChI=1S/C20H25NO3S/c1-14(2)16-7-5-15(6-8-16)12-25-13-20(22)21-17-9-10-18(23-3)19(11-17)24-4/h5-11,14H,12-13H2,1-4H3,(H,21,22). The minimum atomic E-state index is -0.0315. The first-order chi connectivity index (χ1) is 12.0. The van der Waals surface area contributed by atoms with E-state index in [1.54, 1.807) is 44.2 Å². The van der Waals surface area contributed by atoms with Gasteiger partial charge in [-0.2, -0.15) is 0 Å². The number of rotatable bonds is 8. The molecule has 0 aromatic heterocycles. The van der Waals surface area contributed by atoms with E-state index in [1.165, 1.54) is 11.1 Å². The van der Waals surface area contributed by atoms with E-state index in [9.17, 15) is 4.79 Å². The second-order valence-corrected chi connectivity index (χ2v) is 6.99. The predicted octanol–water partition coefficient (Wildman–Crippen LogP) is 4.70. The van der Waals surface area contributed by atoms with Gasteiger partial charge in [0.1, 0.15) is 0 Å².